The third kappa shape index (κ3) is 6.17. The van der Waals surface area contributed by atoms with Gasteiger partial charge in [-0.3, -0.25) is 14.4 Å². The van der Waals surface area contributed by atoms with E-state index in [1.54, 1.807) is 53.4 Å². The van der Waals surface area contributed by atoms with Crippen LogP contribution in [0, 0.1) is 11.8 Å². The highest BCUT2D eigenvalue weighted by Gasteiger charge is 2.29. The summed E-state index contributed by atoms with van der Waals surface area (Å²) >= 11 is 6.09. The molecule has 4 rings (SSSR count). The quantitative estimate of drug-likeness (QED) is 0.599. The Morgan fingerprint density at radius 1 is 0.912 bits per heavy atom. The van der Waals surface area contributed by atoms with Crippen LogP contribution in [-0.4, -0.2) is 42.3 Å². The van der Waals surface area contributed by atoms with Gasteiger partial charge < -0.3 is 15.5 Å². The summed E-state index contributed by atoms with van der Waals surface area (Å²) in [6, 6.07) is 13.7. The van der Waals surface area contributed by atoms with Crippen LogP contribution < -0.4 is 10.6 Å². The van der Waals surface area contributed by atoms with Crippen molar-refractivity contribution in [2.75, 3.05) is 25.0 Å². The van der Waals surface area contributed by atoms with Crippen LogP contribution in [-0.2, 0) is 4.79 Å². The van der Waals surface area contributed by atoms with Gasteiger partial charge in [0.15, 0.2) is 0 Å². The molecular formula is C27H32ClN3O3. The van der Waals surface area contributed by atoms with Crippen molar-refractivity contribution in [3.8, 4) is 0 Å². The fourth-order valence-corrected chi connectivity index (χ4v) is 5.10. The summed E-state index contributed by atoms with van der Waals surface area (Å²) in [7, 11) is 0. The van der Waals surface area contributed by atoms with Gasteiger partial charge in [0.1, 0.15) is 0 Å². The first kappa shape index (κ1) is 24.3. The molecule has 1 saturated carbocycles. The van der Waals surface area contributed by atoms with Crippen molar-refractivity contribution in [2.45, 2.75) is 44.9 Å². The minimum atomic E-state index is -0.303. The summed E-state index contributed by atoms with van der Waals surface area (Å²) in [6.45, 7) is 1.85. The molecule has 2 N–H and O–H groups in total. The van der Waals surface area contributed by atoms with Crippen LogP contribution in [0.4, 0.5) is 5.69 Å². The SMILES string of the molecule is O=C(Nc1ccc(C(=O)N2CCC[C@H](C(=O)NCC3CCCCC3)C2)cc1)c1ccccc1Cl. The van der Waals surface area contributed by atoms with Gasteiger partial charge >= 0.3 is 0 Å². The number of likely N-dealkylation sites (tertiary alicyclic amines) is 1. The van der Waals surface area contributed by atoms with Crippen LogP contribution in [0.15, 0.2) is 48.5 Å². The lowest BCUT2D eigenvalue weighted by Crippen LogP contribution is -2.46. The number of nitrogens with zero attached hydrogens (tertiary/aromatic N) is 1. The molecule has 2 fully saturated rings. The predicted molar refractivity (Wildman–Crippen MR) is 134 cm³/mol. The number of benzene rings is 2. The smallest absolute Gasteiger partial charge is 0.257 e. The lowest BCUT2D eigenvalue weighted by Gasteiger charge is -2.32. The van der Waals surface area contributed by atoms with Gasteiger partial charge in [0.05, 0.1) is 16.5 Å². The zero-order valence-electron chi connectivity index (χ0n) is 19.4. The summed E-state index contributed by atoms with van der Waals surface area (Å²) in [5.41, 5.74) is 1.52. The normalized spacial score (nSPS) is 18.9. The van der Waals surface area contributed by atoms with Crippen LogP contribution in [0.25, 0.3) is 0 Å². The molecule has 0 spiro atoms. The minimum Gasteiger partial charge on any atom is -0.356 e. The molecule has 2 aromatic rings. The van der Waals surface area contributed by atoms with Gasteiger partial charge in [-0.15, -0.1) is 0 Å². The summed E-state index contributed by atoms with van der Waals surface area (Å²) in [5, 5.41) is 6.33. The van der Waals surface area contributed by atoms with Crippen LogP contribution in [0.5, 0.6) is 0 Å². The zero-order chi connectivity index (χ0) is 23.9. The molecule has 1 aliphatic heterocycles. The highest BCUT2D eigenvalue weighted by Crippen LogP contribution is 2.24. The molecule has 1 aliphatic carbocycles. The van der Waals surface area contributed by atoms with E-state index in [1.807, 2.05) is 0 Å². The fraction of sp³-hybridized carbons (Fsp3) is 0.444. The number of piperidine rings is 1. The molecule has 7 heteroatoms. The molecule has 2 aliphatic rings. The first-order chi connectivity index (χ1) is 16.5. The number of hydrogen-bond acceptors (Lipinski definition) is 3. The van der Waals surface area contributed by atoms with Crippen molar-refractivity contribution in [3.63, 3.8) is 0 Å². The summed E-state index contributed by atoms with van der Waals surface area (Å²) < 4.78 is 0. The monoisotopic (exact) mass is 481 g/mol. The van der Waals surface area contributed by atoms with E-state index >= 15 is 0 Å². The standard InChI is InChI=1S/C27H32ClN3O3/c28-24-11-5-4-10-23(24)26(33)30-22-14-12-20(13-15-22)27(34)31-16-6-9-21(18-31)25(32)29-17-19-7-2-1-3-8-19/h4-5,10-15,19,21H,1-3,6-9,16-18H2,(H,29,32)(H,30,33)/t21-/m0/s1. The fourth-order valence-electron chi connectivity index (χ4n) is 4.88. The second-order valence-corrected chi connectivity index (χ2v) is 9.76. The molecule has 0 unspecified atom stereocenters. The molecule has 180 valence electrons. The van der Waals surface area contributed by atoms with E-state index in [2.05, 4.69) is 10.6 Å². The lowest BCUT2D eigenvalue weighted by atomic mass is 9.89. The van der Waals surface area contributed by atoms with Crippen molar-refractivity contribution in [1.82, 2.24) is 10.2 Å². The molecule has 0 aromatic heterocycles. The number of anilines is 1. The topological polar surface area (TPSA) is 78.5 Å². The van der Waals surface area contributed by atoms with Crippen LogP contribution in [0.1, 0.15) is 65.7 Å². The second kappa shape index (κ2) is 11.5. The van der Waals surface area contributed by atoms with E-state index < -0.39 is 0 Å². The Hall–Kier alpha value is -2.86. The Morgan fingerprint density at radius 2 is 1.65 bits per heavy atom. The lowest BCUT2D eigenvalue weighted by molar-refractivity contribution is -0.126. The van der Waals surface area contributed by atoms with Gasteiger partial charge in [-0.2, -0.15) is 0 Å². The number of hydrogen-bond donors (Lipinski definition) is 2. The Morgan fingerprint density at radius 3 is 2.38 bits per heavy atom. The Labute approximate surface area is 206 Å². The van der Waals surface area contributed by atoms with Crippen molar-refractivity contribution in [2.24, 2.45) is 11.8 Å². The zero-order valence-corrected chi connectivity index (χ0v) is 20.2. The number of carbonyl (C=O) groups is 3. The van der Waals surface area contributed by atoms with Crippen LogP contribution in [0.3, 0.4) is 0 Å². The van der Waals surface area contributed by atoms with E-state index in [1.165, 1.54) is 32.1 Å². The van der Waals surface area contributed by atoms with Gasteiger partial charge in [-0.25, -0.2) is 0 Å². The Balaban J connectivity index is 1.30. The number of carbonyl (C=O) groups excluding carboxylic acids is 3. The number of amides is 3. The third-order valence-electron chi connectivity index (χ3n) is 6.88. The van der Waals surface area contributed by atoms with Crippen LogP contribution >= 0.6 is 11.6 Å². The highest BCUT2D eigenvalue weighted by molar-refractivity contribution is 6.34. The number of rotatable bonds is 6. The number of halogens is 1. The second-order valence-electron chi connectivity index (χ2n) is 9.35. The minimum absolute atomic E-state index is 0.0701. The molecule has 1 atom stereocenters. The molecule has 0 bridgehead atoms. The van der Waals surface area contributed by atoms with Gasteiger partial charge in [0.25, 0.3) is 11.8 Å². The number of nitrogens with one attached hydrogen (secondary N) is 2. The van der Waals surface area contributed by atoms with Crippen molar-refractivity contribution in [1.29, 1.82) is 0 Å². The van der Waals surface area contributed by atoms with Crippen molar-refractivity contribution in [3.05, 3.63) is 64.7 Å². The van der Waals surface area contributed by atoms with E-state index in [9.17, 15) is 14.4 Å². The van der Waals surface area contributed by atoms with E-state index in [0.717, 1.165) is 19.4 Å². The summed E-state index contributed by atoms with van der Waals surface area (Å²) in [5.74, 6) is 0.115. The molecule has 2 aromatic carbocycles. The maximum absolute atomic E-state index is 13.1. The maximum Gasteiger partial charge on any atom is 0.257 e. The largest absolute Gasteiger partial charge is 0.356 e. The third-order valence-corrected chi connectivity index (χ3v) is 7.21. The molecule has 6 nitrogen and oxygen atoms in total. The molecule has 1 heterocycles. The molecule has 1 saturated heterocycles. The first-order valence-electron chi connectivity index (χ1n) is 12.2. The molecule has 34 heavy (non-hydrogen) atoms. The van der Waals surface area contributed by atoms with E-state index in [-0.39, 0.29) is 23.6 Å². The van der Waals surface area contributed by atoms with E-state index in [0.29, 0.717) is 40.8 Å². The molecule has 0 radical (unpaired) electrons. The Bertz CT molecular complexity index is 1020. The average Bonchev–Trinajstić information content (AvgIpc) is 2.88. The summed E-state index contributed by atoms with van der Waals surface area (Å²) in [6.07, 6.45) is 7.85. The van der Waals surface area contributed by atoms with E-state index in [4.69, 9.17) is 11.6 Å². The van der Waals surface area contributed by atoms with Gasteiger partial charge in [-0.05, 0) is 68.0 Å². The predicted octanol–water partition coefficient (Wildman–Crippen LogP) is 5.14. The van der Waals surface area contributed by atoms with Gasteiger partial charge in [-0.1, -0.05) is 43.0 Å². The highest BCUT2D eigenvalue weighted by atomic mass is 35.5. The van der Waals surface area contributed by atoms with Crippen molar-refractivity contribution >= 4 is 35.0 Å². The van der Waals surface area contributed by atoms with Crippen LogP contribution in [0.2, 0.25) is 5.02 Å². The maximum atomic E-state index is 13.1. The Kier molecular flexibility index (Phi) is 8.22. The summed E-state index contributed by atoms with van der Waals surface area (Å²) in [4.78, 5) is 40.0. The van der Waals surface area contributed by atoms with Crippen molar-refractivity contribution < 1.29 is 14.4 Å². The molecular weight excluding hydrogens is 450 g/mol. The molecule has 3 amide bonds. The first-order valence-corrected chi connectivity index (χ1v) is 12.6. The average molecular weight is 482 g/mol. The van der Waals surface area contributed by atoms with Gasteiger partial charge in [0, 0.05) is 30.9 Å². The van der Waals surface area contributed by atoms with Gasteiger partial charge in [0.2, 0.25) is 5.91 Å².